The summed E-state index contributed by atoms with van der Waals surface area (Å²) in [5, 5.41) is 7.13. The van der Waals surface area contributed by atoms with Gasteiger partial charge in [0.15, 0.2) is 5.82 Å². The molecule has 1 atom stereocenters. The van der Waals surface area contributed by atoms with Crippen molar-refractivity contribution in [2.24, 2.45) is 0 Å². The highest BCUT2D eigenvalue weighted by molar-refractivity contribution is 4.83. The van der Waals surface area contributed by atoms with Gasteiger partial charge in [-0.15, -0.1) is 0 Å². The molecule has 0 aliphatic carbocycles. The van der Waals surface area contributed by atoms with Crippen LogP contribution in [-0.2, 0) is 6.54 Å². The topological polar surface area (TPSA) is 54.2 Å². The Balaban J connectivity index is 1.93. The van der Waals surface area contributed by atoms with E-state index in [-0.39, 0.29) is 0 Å². The third-order valence-corrected chi connectivity index (χ3v) is 2.39. The SMILES string of the molecule is C[C@H]1CNCCN1Cc1ncon1. The maximum atomic E-state index is 4.69. The summed E-state index contributed by atoms with van der Waals surface area (Å²) >= 11 is 0. The van der Waals surface area contributed by atoms with Crippen molar-refractivity contribution in [3.05, 3.63) is 12.2 Å². The van der Waals surface area contributed by atoms with Crippen LogP contribution in [0.2, 0.25) is 0 Å². The quantitative estimate of drug-likeness (QED) is 0.690. The Labute approximate surface area is 77.1 Å². The summed E-state index contributed by atoms with van der Waals surface area (Å²) < 4.78 is 4.69. The summed E-state index contributed by atoms with van der Waals surface area (Å²) in [5.74, 6) is 0.772. The van der Waals surface area contributed by atoms with Crippen LogP contribution >= 0.6 is 0 Å². The molecule has 2 rings (SSSR count). The molecule has 0 unspecified atom stereocenters. The van der Waals surface area contributed by atoms with Gasteiger partial charge in [-0.05, 0) is 6.92 Å². The monoisotopic (exact) mass is 182 g/mol. The van der Waals surface area contributed by atoms with Gasteiger partial charge in [0.2, 0.25) is 6.39 Å². The number of hydrogen-bond acceptors (Lipinski definition) is 5. The summed E-state index contributed by atoms with van der Waals surface area (Å²) in [6.07, 6.45) is 1.38. The molecular weight excluding hydrogens is 168 g/mol. The minimum atomic E-state index is 0.548. The zero-order chi connectivity index (χ0) is 9.10. The molecule has 1 N–H and O–H groups in total. The van der Waals surface area contributed by atoms with Crippen molar-refractivity contribution < 1.29 is 4.52 Å². The number of rotatable bonds is 2. The number of nitrogens with zero attached hydrogens (tertiary/aromatic N) is 3. The lowest BCUT2D eigenvalue weighted by Crippen LogP contribution is -2.49. The van der Waals surface area contributed by atoms with Crippen LogP contribution < -0.4 is 5.32 Å². The number of hydrogen-bond donors (Lipinski definition) is 1. The highest BCUT2D eigenvalue weighted by atomic mass is 16.5. The van der Waals surface area contributed by atoms with E-state index >= 15 is 0 Å². The van der Waals surface area contributed by atoms with Crippen molar-refractivity contribution in [3.8, 4) is 0 Å². The first-order valence-electron chi connectivity index (χ1n) is 4.56. The molecule has 5 nitrogen and oxygen atoms in total. The Morgan fingerprint density at radius 1 is 1.77 bits per heavy atom. The van der Waals surface area contributed by atoms with E-state index in [1.807, 2.05) is 0 Å². The molecule has 0 spiro atoms. The zero-order valence-electron chi connectivity index (χ0n) is 7.73. The first kappa shape index (κ1) is 8.65. The first-order valence-corrected chi connectivity index (χ1v) is 4.56. The van der Waals surface area contributed by atoms with Crippen molar-refractivity contribution in [1.29, 1.82) is 0 Å². The molecule has 1 aromatic heterocycles. The van der Waals surface area contributed by atoms with Gasteiger partial charge in [0.1, 0.15) is 0 Å². The van der Waals surface area contributed by atoms with Gasteiger partial charge in [0.25, 0.3) is 0 Å². The van der Waals surface area contributed by atoms with Gasteiger partial charge < -0.3 is 9.84 Å². The van der Waals surface area contributed by atoms with E-state index in [0.717, 1.165) is 32.0 Å². The van der Waals surface area contributed by atoms with Gasteiger partial charge >= 0.3 is 0 Å². The van der Waals surface area contributed by atoms with E-state index in [1.54, 1.807) is 0 Å². The Kier molecular flexibility index (Phi) is 2.56. The molecule has 1 fully saturated rings. The van der Waals surface area contributed by atoms with E-state index < -0.39 is 0 Å². The van der Waals surface area contributed by atoms with Crippen molar-refractivity contribution in [3.63, 3.8) is 0 Å². The van der Waals surface area contributed by atoms with E-state index in [4.69, 9.17) is 0 Å². The summed E-state index contributed by atoms with van der Waals surface area (Å²) in [4.78, 5) is 6.35. The predicted molar refractivity (Wildman–Crippen MR) is 47.0 cm³/mol. The van der Waals surface area contributed by atoms with Crippen LogP contribution in [0.5, 0.6) is 0 Å². The number of aromatic nitrogens is 2. The molecule has 0 bridgehead atoms. The van der Waals surface area contributed by atoms with Crippen molar-refractivity contribution >= 4 is 0 Å². The van der Waals surface area contributed by atoms with Gasteiger partial charge in [0, 0.05) is 25.7 Å². The molecule has 1 aliphatic heterocycles. The Morgan fingerprint density at radius 3 is 3.38 bits per heavy atom. The summed E-state index contributed by atoms with van der Waals surface area (Å²) in [5.41, 5.74) is 0. The lowest BCUT2D eigenvalue weighted by molar-refractivity contribution is 0.160. The minimum Gasteiger partial charge on any atom is -0.343 e. The fraction of sp³-hybridized carbons (Fsp3) is 0.750. The molecule has 0 amide bonds. The van der Waals surface area contributed by atoms with Crippen LogP contribution in [0.3, 0.4) is 0 Å². The summed E-state index contributed by atoms with van der Waals surface area (Å²) in [6.45, 7) is 6.13. The standard InChI is InChI=1S/C8H14N4O/c1-7-4-9-2-3-12(7)5-8-10-6-13-11-8/h6-7,9H,2-5H2,1H3/t7-/m0/s1. The van der Waals surface area contributed by atoms with Gasteiger partial charge in [-0.25, -0.2) is 0 Å². The molecule has 72 valence electrons. The van der Waals surface area contributed by atoms with Crippen LogP contribution in [0, 0.1) is 0 Å². The molecule has 0 aromatic carbocycles. The normalized spacial score (nSPS) is 24.8. The molecule has 1 aliphatic rings. The van der Waals surface area contributed by atoms with Crippen LogP contribution in [-0.4, -0.2) is 40.7 Å². The number of nitrogens with one attached hydrogen (secondary N) is 1. The third-order valence-electron chi connectivity index (χ3n) is 2.39. The van der Waals surface area contributed by atoms with E-state index in [1.165, 1.54) is 6.39 Å². The lowest BCUT2D eigenvalue weighted by atomic mass is 10.2. The average molecular weight is 182 g/mol. The van der Waals surface area contributed by atoms with E-state index in [9.17, 15) is 0 Å². The second-order valence-corrected chi connectivity index (χ2v) is 3.37. The minimum absolute atomic E-state index is 0.548. The van der Waals surface area contributed by atoms with Crippen molar-refractivity contribution in [2.75, 3.05) is 19.6 Å². The van der Waals surface area contributed by atoms with Gasteiger partial charge in [0.05, 0.1) is 6.54 Å². The predicted octanol–water partition coefficient (Wildman–Crippen LogP) is -0.137. The summed E-state index contributed by atoms with van der Waals surface area (Å²) in [7, 11) is 0. The molecule has 1 aromatic rings. The van der Waals surface area contributed by atoms with Crippen molar-refractivity contribution in [1.82, 2.24) is 20.4 Å². The van der Waals surface area contributed by atoms with Crippen LogP contribution in [0.4, 0.5) is 0 Å². The van der Waals surface area contributed by atoms with E-state index in [2.05, 4.69) is 31.8 Å². The van der Waals surface area contributed by atoms with Gasteiger partial charge in [-0.3, -0.25) is 4.90 Å². The molecule has 0 radical (unpaired) electrons. The third kappa shape index (κ3) is 2.05. The van der Waals surface area contributed by atoms with Crippen LogP contribution in [0.15, 0.2) is 10.9 Å². The Bertz CT molecular complexity index is 249. The molecule has 2 heterocycles. The molecule has 5 heteroatoms. The molecular formula is C8H14N4O. The maximum absolute atomic E-state index is 4.69. The van der Waals surface area contributed by atoms with Crippen LogP contribution in [0.25, 0.3) is 0 Å². The Hall–Kier alpha value is -0.940. The highest BCUT2D eigenvalue weighted by Crippen LogP contribution is 2.05. The second kappa shape index (κ2) is 3.85. The van der Waals surface area contributed by atoms with Crippen molar-refractivity contribution in [2.45, 2.75) is 19.5 Å². The molecule has 13 heavy (non-hydrogen) atoms. The first-order chi connectivity index (χ1) is 6.36. The second-order valence-electron chi connectivity index (χ2n) is 3.37. The fourth-order valence-electron chi connectivity index (χ4n) is 1.56. The zero-order valence-corrected chi connectivity index (χ0v) is 7.73. The Morgan fingerprint density at radius 2 is 2.69 bits per heavy atom. The van der Waals surface area contributed by atoms with Crippen LogP contribution in [0.1, 0.15) is 12.7 Å². The maximum Gasteiger partial charge on any atom is 0.213 e. The van der Waals surface area contributed by atoms with Gasteiger partial charge in [-0.2, -0.15) is 4.98 Å². The largest absolute Gasteiger partial charge is 0.343 e. The molecule has 0 saturated carbocycles. The highest BCUT2D eigenvalue weighted by Gasteiger charge is 2.18. The lowest BCUT2D eigenvalue weighted by Gasteiger charge is -2.32. The van der Waals surface area contributed by atoms with E-state index in [0.29, 0.717) is 6.04 Å². The van der Waals surface area contributed by atoms with Gasteiger partial charge in [-0.1, -0.05) is 5.16 Å². The fourth-order valence-corrected chi connectivity index (χ4v) is 1.56. The summed E-state index contributed by atoms with van der Waals surface area (Å²) in [6, 6.07) is 0.548. The number of piperazine rings is 1. The average Bonchev–Trinajstić information content (AvgIpc) is 2.61. The smallest absolute Gasteiger partial charge is 0.213 e. The molecule has 1 saturated heterocycles.